The van der Waals surface area contributed by atoms with Crippen LogP contribution in [0.4, 0.5) is 4.39 Å². The lowest BCUT2D eigenvalue weighted by Gasteiger charge is -2.30. The van der Waals surface area contributed by atoms with Gasteiger partial charge >= 0.3 is 0 Å². The van der Waals surface area contributed by atoms with Crippen LogP contribution in [0.1, 0.15) is 0 Å². The molecule has 0 bridgehead atoms. The minimum Gasteiger partial charge on any atom is -0.388 e. The summed E-state index contributed by atoms with van der Waals surface area (Å²) in [4.78, 5) is 0. The van der Waals surface area contributed by atoms with Crippen LogP contribution in [0.15, 0.2) is 0 Å². The molecule has 60 valence electrons. The van der Waals surface area contributed by atoms with Gasteiger partial charge in [0, 0.05) is 0 Å². The van der Waals surface area contributed by atoms with Gasteiger partial charge in [0.1, 0.15) is 12.2 Å². The van der Waals surface area contributed by atoms with E-state index < -0.39 is 24.7 Å². The van der Waals surface area contributed by atoms with E-state index in [0.717, 1.165) is 0 Å². The first kappa shape index (κ1) is 7.87. The van der Waals surface area contributed by atoms with Crippen molar-refractivity contribution in [2.24, 2.45) is 0 Å². The summed E-state index contributed by atoms with van der Waals surface area (Å²) in [6.45, 7) is -0.278. The van der Waals surface area contributed by atoms with Crippen molar-refractivity contribution in [3.05, 3.63) is 0 Å². The Bertz CT molecular complexity index is 106. The monoisotopic (exact) mass is 152 g/mol. The lowest BCUT2D eigenvalue weighted by Crippen LogP contribution is -2.50. The normalized spacial score (nSPS) is 49.2. The maximum Gasteiger partial charge on any atom is 0.183 e. The zero-order valence-electron chi connectivity index (χ0n) is 5.14. The number of hydrogen-bond acceptors (Lipinski definition) is 4. The number of aliphatic hydroxyl groups excluding tert-OH is 3. The summed E-state index contributed by atoms with van der Waals surface area (Å²) in [6.07, 6.45) is -6.30. The van der Waals surface area contributed by atoms with Gasteiger partial charge in [-0.1, -0.05) is 0 Å². The predicted octanol–water partition coefficient (Wildman–Crippen LogP) is -1.61. The Morgan fingerprint density at radius 2 is 1.90 bits per heavy atom. The molecule has 0 spiro atoms. The second-order valence-corrected chi connectivity index (χ2v) is 2.23. The standard InChI is InChI=1S/C5H9FO4/c6-3-2(7)1-10-5(9)4(3)8/h2-5,7-9H,1H2/t2-,3+,4-,5-/m0/s1. The molecule has 1 rings (SSSR count). The van der Waals surface area contributed by atoms with Crippen LogP contribution in [0.25, 0.3) is 0 Å². The Kier molecular flexibility index (Phi) is 2.20. The molecule has 0 aromatic rings. The fraction of sp³-hybridized carbons (Fsp3) is 1.00. The molecule has 0 aliphatic carbocycles. The maximum absolute atomic E-state index is 12.5. The van der Waals surface area contributed by atoms with Crippen molar-refractivity contribution in [2.45, 2.75) is 24.7 Å². The third-order valence-electron chi connectivity index (χ3n) is 1.42. The molecule has 1 heterocycles. The van der Waals surface area contributed by atoms with Gasteiger partial charge in [-0.05, 0) is 0 Å². The van der Waals surface area contributed by atoms with Crippen molar-refractivity contribution in [1.29, 1.82) is 0 Å². The largest absolute Gasteiger partial charge is 0.388 e. The van der Waals surface area contributed by atoms with E-state index in [-0.39, 0.29) is 6.61 Å². The van der Waals surface area contributed by atoms with E-state index in [1.54, 1.807) is 0 Å². The van der Waals surface area contributed by atoms with Crippen molar-refractivity contribution in [3.63, 3.8) is 0 Å². The molecule has 0 radical (unpaired) electrons. The number of halogens is 1. The van der Waals surface area contributed by atoms with Gasteiger partial charge in [-0.3, -0.25) is 0 Å². The summed E-state index contributed by atoms with van der Waals surface area (Å²) in [5.74, 6) is 0. The lowest BCUT2D eigenvalue weighted by molar-refractivity contribution is -0.238. The van der Waals surface area contributed by atoms with Crippen LogP contribution < -0.4 is 0 Å². The second kappa shape index (κ2) is 2.79. The number of ether oxygens (including phenoxy) is 1. The van der Waals surface area contributed by atoms with Crippen molar-refractivity contribution in [2.75, 3.05) is 6.61 Å². The first-order chi connectivity index (χ1) is 4.63. The molecule has 5 heteroatoms. The highest BCUT2D eigenvalue weighted by atomic mass is 19.1. The first-order valence-electron chi connectivity index (χ1n) is 2.93. The quantitative estimate of drug-likeness (QED) is 0.391. The SMILES string of the molecule is O[C@H]1[C@H](F)[C@@H](O)CO[C@@H]1O. The van der Waals surface area contributed by atoms with E-state index in [1.807, 2.05) is 0 Å². The Morgan fingerprint density at radius 3 is 2.40 bits per heavy atom. The molecular formula is C5H9FO4. The van der Waals surface area contributed by atoms with E-state index in [9.17, 15) is 4.39 Å². The van der Waals surface area contributed by atoms with Crippen LogP contribution in [0.2, 0.25) is 0 Å². The molecule has 4 atom stereocenters. The van der Waals surface area contributed by atoms with E-state index >= 15 is 0 Å². The topological polar surface area (TPSA) is 69.9 Å². The van der Waals surface area contributed by atoms with E-state index in [2.05, 4.69) is 4.74 Å². The van der Waals surface area contributed by atoms with Crippen molar-refractivity contribution in [1.82, 2.24) is 0 Å². The molecule has 1 fully saturated rings. The third kappa shape index (κ3) is 1.27. The van der Waals surface area contributed by atoms with Gasteiger partial charge in [0.25, 0.3) is 0 Å². The molecule has 10 heavy (non-hydrogen) atoms. The molecule has 1 aliphatic heterocycles. The number of aliphatic hydroxyl groups is 3. The summed E-state index contributed by atoms with van der Waals surface area (Å²) in [5, 5.41) is 26.0. The smallest absolute Gasteiger partial charge is 0.183 e. The van der Waals surface area contributed by atoms with Gasteiger partial charge in [0.2, 0.25) is 0 Å². The summed E-state index contributed by atoms with van der Waals surface area (Å²) in [5.41, 5.74) is 0. The molecular weight excluding hydrogens is 143 g/mol. The average molecular weight is 152 g/mol. The fourth-order valence-corrected chi connectivity index (χ4v) is 0.773. The summed E-state index contributed by atoms with van der Waals surface area (Å²) in [7, 11) is 0. The van der Waals surface area contributed by atoms with E-state index in [0.29, 0.717) is 0 Å². The van der Waals surface area contributed by atoms with Crippen LogP contribution in [0.5, 0.6) is 0 Å². The van der Waals surface area contributed by atoms with Crippen LogP contribution in [-0.4, -0.2) is 46.6 Å². The highest BCUT2D eigenvalue weighted by Crippen LogP contribution is 2.16. The Labute approximate surface area is 56.9 Å². The third-order valence-corrected chi connectivity index (χ3v) is 1.42. The number of rotatable bonds is 0. The average Bonchev–Trinajstić information content (AvgIpc) is 1.93. The van der Waals surface area contributed by atoms with Crippen LogP contribution >= 0.6 is 0 Å². The zero-order valence-corrected chi connectivity index (χ0v) is 5.14. The summed E-state index contributed by atoms with van der Waals surface area (Å²) in [6, 6.07) is 0. The van der Waals surface area contributed by atoms with Gasteiger partial charge in [0.15, 0.2) is 12.5 Å². The summed E-state index contributed by atoms with van der Waals surface area (Å²) >= 11 is 0. The van der Waals surface area contributed by atoms with Crippen molar-refractivity contribution >= 4 is 0 Å². The van der Waals surface area contributed by atoms with Gasteiger partial charge in [-0.25, -0.2) is 4.39 Å². The van der Waals surface area contributed by atoms with Crippen LogP contribution in [0, 0.1) is 0 Å². The van der Waals surface area contributed by atoms with Crippen LogP contribution in [0.3, 0.4) is 0 Å². The van der Waals surface area contributed by atoms with E-state index in [4.69, 9.17) is 15.3 Å². The maximum atomic E-state index is 12.5. The Morgan fingerprint density at radius 1 is 1.30 bits per heavy atom. The van der Waals surface area contributed by atoms with Gasteiger partial charge < -0.3 is 20.1 Å². The lowest BCUT2D eigenvalue weighted by atomic mass is 10.1. The highest BCUT2D eigenvalue weighted by Gasteiger charge is 2.37. The van der Waals surface area contributed by atoms with Crippen molar-refractivity contribution < 1.29 is 24.4 Å². The van der Waals surface area contributed by atoms with Gasteiger partial charge in [-0.15, -0.1) is 0 Å². The van der Waals surface area contributed by atoms with Gasteiger partial charge in [0.05, 0.1) is 6.61 Å². The molecule has 0 saturated carbocycles. The Hall–Kier alpha value is -0.230. The molecule has 0 unspecified atom stereocenters. The minimum atomic E-state index is -1.82. The Balaban J connectivity index is 2.52. The zero-order chi connectivity index (χ0) is 7.72. The molecule has 0 aromatic carbocycles. The molecule has 0 aromatic heterocycles. The molecule has 1 saturated heterocycles. The molecule has 1 aliphatic rings. The minimum absolute atomic E-state index is 0.278. The van der Waals surface area contributed by atoms with Gasteiger partial charge in [-0.2, -0.15) is 0 Å². The van der Waals surface area contributed by atoms with E-state index in [1.165, 1.54) is 0 Å². The molecule has 0 amide bonds. The molecule has 3 N–H and O–H groups in total. The van der Waals surface area contributed by atoms with Crippen LogP contribution in [-0.2, 0) is 4.74 Å². The second-order valence-electron chi connectivity index (χ2n) is 2.23. The number of alkyl halides is 1. The predicted molar refractivity (Wildman–Crippen MR) is 28.9 cm³/mol. The highest BCUT2D eigenvalue weighted by molar-refractivity contribution is 4.81. The first-order valence-corrected chi connectivity index (χ1v) is 2.93. The number of hydrogen-bond donors (Lipinski definition) is 3. The fourth-order valence-electron chi connectivity index (χ4n) is 0.773. The van der Waals surface area contributed by atoms with Crippen molar-refractivity contribution in [3.8, 4) is 0 Å². The molecule has 4 nitrogen and oxygen atoms in total. The summed E-state index contributed by atoms with van der Waals surface area (Å²) < 4.78 is 16.9.